The lowest BCUT2D eigenvalue weighted by molar-refractivity contribution is -0.144. The Morgan fingerprint density at radius 1 is 1.27 bits per heavy atom. The fourth-order valence-electron chi connectivity index (χ4n) is 2.12. The zero-order valence-electron chi connectivity index (χ0n) is 14.7. The molecule has 8 nitrogen and oxygen atoms in total. The highest BCUT2D eigenvalue weighted by Crippen LogP contribution is 2.32. The molecule has 1 aromatic rings. The summed E-state index contributed by atoms with van der Waals surface area (Å²) >= 11 is 0. The number of benzene rings is 1. The van der Waals surface area contributed by atoms with E-state index in [1.54, 1.807) is 31.2 Å². The van der Waals surface area contributed by atoms with Crippen molar-refractivity contribution in [2.75, 3.05) is 19.9 Å². The Morgan fingerprint density at radius 3 is 2.81 bits per heavy atom. The van der Waals surface area contributed by atoms with E-state index in [0.29, 0.717) is 18.0 Å². The number of fused-ring (bicyclic) bond motifs is 1. The maximum Gasteiger partial charge on any atom is 0.331 e. The minimum Gasteiger partial charge on any atom is -0.454 e. The third-order valence-corrected chi connectivity index (χ3v) is 3.47. The molecule has 0 radical (unpaired) electrons. The van der Waals surface area contributed by atoms with Crippen molar-refractivity contribution in [2.24, 2.45) is 0 Å². The smallest absolute Gasteiger partial charge is 0.331 e. The minimum absolute atomic E-state index is 0.175. The molecule has 0 unspecified atom stereocenters. The van der Waals surface area contributed by atoms with Crippen molar-refractivity contribution in [2.45, 2.75) is 26.3 Å². The van der Waals surface area contributed by atoms with Gasteiger partial charge >= 0.3 is 5.97 Å². The van der Waals surface area contributed by atoms with Gasteiger partial charge in [0.1, 0.15) is 6.04 Å². The van der Waals surface area contributed by atoms with Crippen LogP contribution in [0.4, 0.5) is 0 Å². The summed E-state index contributed by atoms with van der Waals surface area (Å²) in [4.78, 5) is 35.1. The number of ether oxygens (including phenoxy) is 3. The lowest BCUT2D eigenvalue weighted by Gasteiger charge is -2.13. The zero-order chi connectivity index (χ0) is 18.9. The van der Waals surface area contributed by atoms with E-state index in [0.717, 1.165) is 12.0 Å². The molecule has 0 bridgehead atoms. The molecule has 0 aliphatic carbocycles. The molecule has 0 saturated heterocycles. The Labute approximate surface area is 151 Å². The van der Waals surface area contributed by atoms with Crippen molar-refractivity contribution in [3.8, 4) is 11.5 Å². The number of rotatable bonds is 8. The summed E-state index contributed by atoms with van der Waals surface area (Å²) in [6.07, 6.45) is 3.56. The van der Waals surface area contributed by atoms with Crippen LogP contribution in [0.25, 0.3) is 6.08 Å². The first-order chi connectivity index (χ1) is 12.5. The summed E-state index contributed by atoms with van der Waals surface area (Å²) in [6, 6.07) is 4.54. The predicted molar refractivity (Wildman–Crippen MR) is 93.5 cm³/mol. The van der Waals surface area contributed by atoms with Gasteiger partial charge in [-0.2, -0.15) is 0 Å². The van der Waals surface area contributed by atoms with Crippen LogP contribution in [0.3, 0.4) is 0 Å². The van der Waals surface area contributed by atoms with Gasteiger partial charge in [-0.3, -0.25) is 9.59 Å². The van der Waals surface area contributed by atoms with Crippen LogP contribution < -0.4 is 20.1 Å². The number of nitrogens with one attached hydrogen (secondary N) is 2. The van der Waals surface area contributed by atoms with E-state index >= 15 is 0 Å². The lowest BCUT2D eigenvalue weighted by atomic mass is 10.2. The largest absolute Gasteiger partial charge is 0.454 e. The molecule has 0 fully saturated rings. The molecule has 2 N–H and O–H groups in total. The highest BCUT2D eigenvalue weighted by Gasteiger charge is 2.16. The predicted octanol–water partition coefficient (Wildman–Crippen LogP) is 1.00. The lowest BCUT2D eigenvalue weighted by Crippen LogP contribution is -2.46. The third kappa shape index (κ3) is 5.80. The third-order valence-electron chi connectivity index (χ3n) is 3.47. The van der Waals surface area contributed by atoms with Crippen LogP contribution >= 0.6 is 0 Å². The fraction of sp³-hybridized carbons (Fsp3) is 0.389. The number of hydrogen-bond acceptors (Lipinski definition) is 6. The van der Waals surface area contributed by atoms with Crippen LogP contribution in [0.5, 0.6) is 11.5 Å². The number of carbonyl (C=O) groups excluding carboxylic acids is 3. The Balaban J connectivity index is 1.74. The van der Waals surface area contributed by atoms with E-state index in [9.17, 15) is 14.4 Å². The van der Waals surface area contributed by atoms with Crippen molar-refractivity contribution >= 4 is 23.9 Å². The quantitative estimate of drug-likeness (QED) is 0.528. The monoisotopic (exact) mass is 362 g/mol. The number of amides is 2. The molecule has 8 heteroatoms. The maximum absolute atomic E-state index is 11.7. The highest BCUT2D eigenvalue weighted by atomic mass is 16.7. The molecule has 2 amide bonds. The van der Waals surface area contributed by atoms with Crippen LogP contribution in [0.1, 0.15) is 25.8 Å². The summed E-state index contributed by atoms with van der Waals surface area (Å²) in [5.74, 6) is -0.238. The second-order valence-corrected chi connectivity index (χ2v) is 5.63. The molecular formula is C18H22N2O6. The molecule has 1 aromatic carbocycles. The first-order valence-corrected chi connectivity index (χ1v) is 8.31. The van der Waals surface area contributed by atoms with E-state index in [-0.39, 0.29) is 12.7 Å². The molecule has 0 saturated carbocycles. The van der Waals surface area contributed by atoms with Crippen molar-refractivity contribution in [1.29, 1.82) is 0 Å². The van der Waals surface area contributed by atoms with Gasteiger partial charge in [-0.15, -0.1) is 0 Å². The van der Waals surface area contributed by atoms with Crippen LogP contribution in [-0.2, 0) is 19.1 Å². The summed E-state index contributed by atoms with van der Waals surface area (Å²) < 4.78 is 15.3. The molecular weight excluding hydrogens is 340 g/mol. The van der Waals surface area contributed by atoms with Crippen LogP contribution in [-0.4, -0.2) is 43.8 Å². The van der Waals surface area contributed by atoms with Gasteiger partial charge in [0.25, 0.3) is 5.91 Å². The van der Waals surface area contributed by atoms with E-state index < -0.39 is 24.5 Å². The van der Waals surface area contributed by atoms with E-state index in [1.807, 2.05) is 6.92 Å². The van der Waals surface area contributed by atoms with Gasteiger partial charge in [-0.25, -0.2) is 4.79 Å². The molecule has 1 heterocycles. The number of carbonyl (C=O) groups is 3. The molecule has 26 heavy (non-hydrogen) atoms. The summed E-state index contributed by atoms with van der Waals surface area (Å²) in [5.41, 5.74) is 0.733. The molecule has 2 rings (SSSR count). The molecule has 1 atom stereocenters. The summed E-state index contributed by atoms with van der Waals surface area (Å²) in [5, 5.41) is 5.13. The van der Waals surface area contributed by atoms with Gasteiger partial charge < -0.3 is 24.8 Å². The molecule has 140 valence electrons. The first kappa shape index (κ1) is 19.3. The average Bonchev–Trinajstić information content (AvgIpc) is 3.10. The second-order valence-electron chi connectivity index (χ2n) is 5.63. The highest BCUT2D eigenvalue weighted by molar-refractivity contribution is 5.91. The van der Waals surface area contributed by atoms with Crippen molar-refractivity contribution in [3.63, 3.8) is 0 Å². The van der Waals surface area contributed by atoms with Gasteiger partial charge in [0.05, 0.1) is 0 Å². The minimum atomic E-state index is -0.697. The Bertz CT molecular complexity index is 701. The Hall–Kier alpha value is -3.03. The van der Waals surface area contributed by atoms with E-state index in [1.165, 1.54) is 6.08 Å². The fourth-order valence-corrected chi connectivity index (χ4v) is 2.12. The summed E-state index contributed by atoms with van der Waals surface area (Å²) in [6.45, 7) is 3.74. The molecule has 1 aliphatic rings. The van der Waals surface area contributed by atoms with E-state index in [2.05, 4.69) is 10.6 Å². The number of hydrogen-bond donors (Lipinski definition) is 2. The van der Waals surface area contributed by atoms with Gasteiger partial charge in [0.2, 0.25) is 12.7 Å². The normalized spacial score (nSPS) is 13.3. The SMILES string of the molecule is CCCNC(=O)[C@H](C)NC(=O)COC(=O)/C=C/c1ccc2c(c1)OCO2. The van der Waals surface area contributed by atoms with Crippen LogP contribution in [0, 0.1) is 0 Å². The second kappa shape index (κ2) is 9.45. The Morgan fingerprint density at radius 2 is 2.04 bits per heavy atom. The van der Waals surface area contributed by atoms with E-state index in [4.69, 9.17) is 14.2 Å². The van der Waals surface area contributed by atoms with Crippen LogP contribution in [0.2, 0.25) is 0 Å². The Kier molecular flexibility index (Phi) is 7.02. The average molecular weight is 362 g/mol. The molecule has 0 aromatic heterocycles. The van der Waals surface area contributed by atoms with Crippen molar-refractivity contribution < 1.29 is 28.6 Å². The van der Waals surface area contributed by atoms with Gasteiger partial charge in [0.15, 0.2) is 18.1 Å². The standard InChI is InChI=1S/C18H22N2O6/c1-3-8-19-18(23)12(2)20-16(21)10-24-17(22)7-5-13-4-6-14-15(9-13)26-11-25-14/h4-7,9,12H,3,8,10-11H2,1-2H3,(H,19,23)(H,20,21)/b7-5+/t12-/m0/s1. The summed E-state index contributed by atoms with van der Waals surface area (Å²) in [7, 11) is 0. The van der Waals surface area contributed by atoms with Crippen molar-refractivity contribution in [1.82, 2.24) is 10.6 Å². The topological polar surface area (TPSA) is 103 Å². The van der Waals surface area contributed by atoms with Crippen LogP contribution in [0.15, 0.2) is 24.3 Å². The van der Waals surface area contributed by atoms with Gasteiger partial charge in [-0.1, -0.05) is 13.0 Å². The van der Waals surface area contributed by atoms with Gasteiger partial charge in [-0.05, 0) is 37.1 Å². The van der Waals surface area contributed by atoms with Gasteiger partial charge in [0, 0.05) is 12.6 Å². The maximum atomic E-state index is 11.7. The molecule has 0 spiro atoms. The zero-order valence-corrected chi connectivity index (χ0v) is 14.7. The number of esters is 1. The first-order valence-electron chi connectivity index (χ1n) is 8.31. The molecule has 1 aliphatic heterocycles. The van der Waals surface area contributed by atoms with Crippen molar-refractivity contribution in [3.05, 3.63) is 29.8 Å².